The van der Waals surface area contributed by atoms with E-state index in [4.69, 9.17) is 0 Å². The molecule has 0 radical (unpaired) electrons. The molecule has 0 atom stereocenters. The van der Waals surface area contributed by atoms with Crippen molar-refractivity contribution in [3.8, 4) is 0 Å². The van der Waals surface area contributed by atoms with Crippen molar-refractivity contribution in [1.82, 2.24) is 14.6 Å². The van der Waals surface area contributed by atoms with E-state index >= 15 is 0 Å². The number of aromatic nitrogens is 3. The third-order valence-corrected chi connectivity index (χ3v) is 4.33. The zero-order chi connectivity index (χ0) is 17.4. The second kappa shape index (κ2) is 6.02. The maximum atomic E-state index is 12.6. The van der Waals surface area contributed by atoms with Gasteiger partial charge in [-0.15, -0.1) is 0 Å². The van der Waals surface area contributed by atoms with Gasteiger partial charge in [0.05, 0.1) is 6.21 Å². The molecule has 0 bridgehead atoms. The van der Waals surface area contributed by atoms with Crippen LogP contribution in [0.4, 0.5) is 0 Å². The van der Waals surface area contributed by atoms with Crippen LogP contribution in [0.25, 0.3) is 21.9 Å². The molecule has 2 heterocycles. The number of H-pyrrole nitrogens is 1. The molecule has 0 aliphatic carbocycles. The molecule has 0 aliphatic rings. The molecule has 0 amide bonds. The van der Waals surface area contributed by atoms with Gasteiger partial charge in [-0.05, 0) is 23.1 Å². The zero-order valence-electron chi connectivity index (χ0n) is 14.1. The summed E-state index contributed by atoms with van der Waals surface area (Å²) in [6, 6.07) is 15.9. The van der Waals surface area contributed by atoms with Gasteiger partial charge in [0.1, 0.15) is 17.4 Å². The quantitative estimate of drug-likeness (QED) is 0.579. The van der Waals surface area contributed by atoms with Crippen molar-refractivity contribution in [3.63, 3.8) is 0 Å². The van der Waals surface area contributed by atoms with Crippen LogP contribution in [0.3, 0.4) is 0 Å². The molecule has 4 rings (SSSR count). The van der Waals surface area contributed by atoms with E-state index in [0.717, 1.165) is 16.5 Å². The summed E-state index contributed by atoms with van der Waals surface area (Å²) >= 11 is 0. The van der Waals surface area contributed by atoms with Crippen LogP contribution in [-0.2, 0) is 0 Å². The minimum Gasteiger partial charge on any atom is -0.349 e. The Morgan fingerprint density at radius 2 is 1.88 bits per heavy atom. The van der Waals surface area contributed by atoms with Gasteiger partial charge in [-0.2, -0.15) is 9.78 Å². The molecule has 4 aromatic rings. The highest BCUT2D eigenvalue weighted by Gasteiger charge is 2.09. The van der Waals surface area contributed by atoms with Gasteiger partial charge in [-0.1, -0.05) is 56.3 Å². The van der Waals surface area contributed by atoms with Crippen LogP contribution >= 0.6 is 0 Å². The second-order valence-corrected chi connectivity index (χ2v) is 6.35. The van der Waals surface area contributed by atoms with Crippen molar-refractivity contribution in [3.05, 3.63) is 76.3 Å². The first-order valence-electron chi connectivity index (χ1n) is 8.26. The van der Waals surface area contributed by atoms with Crippen LogP contribution in [0.2, 0.25) is 0 Å². The molecular weight excluding hydrogens is 312 g/mol. The minimum absolute atomic E-state index is 0.212. The molecule has 1 N–H and O–H groups in total. The molecule has 5 nitrogen and oxygen atoms in total. The fraction of sp³-hybridized carbons (Fsp3) is 0.150. The molecule has 2 aromatic carbocycles. The number of hydrogen-bond acceptors (Lipinski definition) is 3. The number of hydrogen-bond donors (Lipinski definition) is 1. The van der Waals surface area contributed by atoms with Crippen molar-refractivity contribution in [2.24, 2.45) is 5.10 Å². The summed E-state index contributed by atoms with van der Waals surface area (Å²) in [5, 5.41) is 5.21. The highest BCUT2D eigenvalue weighted by molar-refractivity contribution is 6.04. The molecule has 2 aromatic heterocycles. The fourth-order valence-electron chi connectivity index (χ4n) is 2.87. The number of fused-ring (bicyclic) bond motifs is 3. The first kappa shape index (κ1) is 15.3. The molecule has 25 heavy (non-hydrogen) atoms. The summed E-state index contributed by atoms with van der Waals surface area (Å²) in [5.41, 5.74) is 4.04. The Hall–Kier alpha value is -3.21. The Morgan fingerprint density at radius 3 is 2.64 bits per heavy atom. The highest BCUT2D eigenvalue weighted by Crippen LogP contribution is 2.20. The standard InChI is InChI=1S/C20H18N4O/c1-13(2)15-9-7-14(8-10-15)11-22-24-12-21-18-16-5-3-4-6-17(16)23-19(18)20(24)25/h3-13,23H,1-2H3/b22-11-. The predicted molar refractivity (Wildman–Crippen MR) is 101 cm³/mol. The molecule has 0 unspecified atom stereocenters. The smallest absolute Gasteiger partial charge is 0.298 e. The fourth-order valence-corrected chi connectivity index (χ4v) is 2.87. The molecule has 124 valence electrons. The Balaban J connectivity index is 1.73. The van der Waals surface area contributed by atoms with Crippen molar-refractivity contribution >= 4 is 28.2 Å². The van der Waals surface area contributed by atoms with E-state index in [0.29, 0.717) is 17.0 Å². The average molecular weight is 330 g/mol. The molecule has 5 heteroatoms. The third kappa shape index (κ3) is 2.74. The predicted octanol–water partition coefficient (Wildman–Crippen LogP) is 3.88. The number of nitrogens with zero attached hydrogens (tertiary/aromatic N) is 3. The number of benzene rings is 2. The molecule has 0 fully saturated rings. The van der Waals surface area contributed by atoms with Crippen molar-refractivity contribution < 1.29 is 0 Å². The normalized spacial score (nSPS) is 12.0. The summed E-state index contributed by atoms with van der Waals surface area (Å²) in [7, 11) is 0. The summed E-state index contributed by atoms with van der Waals surface area (Å²) in [5.74, 6) is 0.488. The van der Waals surface area contributed by atoms with Gasteiger partial charge >= 0.3 is 0 Å². The van der Waals surface area contributed by atoms with Gasteiger partial charge in [-0.3, -0.25) is 4.79 Å². The van der Waals surface area contributed by atoms with Gasteiger partial charge < -0.3 is 4.98 Å². The van der Waals surface area contributed by atoms with E-state index in [9.17, 15) is 4.79 Å². The molecule has 0 spiro atoms. The van der Waals surface area contributed by atoms with Crippen molar-refractivity contribution in [2.45, 2.75) is 19.8 Å². The molecular formula is C20H18N4O. The first-order chi connectivity index (χ1) is 12.1. The van der Waals surface area contributed by atoms with E-state index in [1.165, 1.54) is 16.6 Å². The first-order valence-corrected chi connectivity index (χ1v) is 8.26. The van der Waals surface area contributed by atoms with Crippen LogP contribution < -0.4 is 5.56 Å². The Morgan fingerprint density at radius 1 is 1.12 bits per heavy atom. The van der Waals surface area contributed by atoms with Gasteiger partial charge in [-0.25, -0.2) is 4.98 Å². The highest BCUT2D eigenvalue weighted by atomic mass is 16.1. The Bertz CT molecular complexity index is 1130. The molecule has 0 saturated carbocycles. The lowest BCUT2D eigenvalue weighted by atomic mass is 10.0. The lowest BCUT2D eigenvalue weighted by Crippen LogP contribution is -2.17. The van der Waals surface area contributed by atoms with E-state index in [-0.39, 0.29) is 5.56 Å². The van der Waals surface area contributed by atoms with Gasteiger partial charge in [0.15, 0.2) is 0 Å². The average Bonchev–Trinajstić information content (AvgIpc) is 3.01. The minimum atomic E-state index is -0.212. The summed E-state index contributed by atoms with van der Waals surface area (Å²) < 4.78 is 1.26. The second-order valence-electron chi connectivity index (χ2n) is 6.35. The van der Waals surface area contributed by atoms with Crippen LogP contribution in [0.1, 0.15) is 30.9 Å². The lowest BCUT2D eigenvalue weighted by Gasteiger charge is -2.04. The van der Waals surface area contributed by atoms with Crippen molar-refractivity contribution in [2.75, 3.05) is 0 Å². The van der Waals surface area contributed by atoms with Crippen LogP contribution in [0.15, 0.2) is 64.8 Å². The molecule has 0 saturated heterocycles. The largest absolute Gasteiger partial charge is 0.349 e. The third-order valence-electron chi connectivity index (χ3n) is 4.33. The Labute approximate surface area is 144 Å². The van der Waals surface area contributed by atoms with E-state index < -0.39 is 0 Å². The van der Waals surface area contributed by atoms with Crippen LogP contribution in [-0.4, -0.2) is 20.9 Å². The summed E-state index contributed by atoms with van der Waals surface area (Å²) in [6.45, 7) is 4.31. The number of rotatable bonds is 3. The SMILES string of the molecule is CC(C)c1ccc(/C=N\n2cnc3c([nH]c4ccccc43)c2=O)cc1. The van der Waals surface area contributed by atoms with E-state index in [1.807, 2.05) is 36.4 Å². The topological polar surface area (TPSA) is 63.0 Å². The summed E-state index contributed by atoms with van der Waals surface area (Å²) in [4.78, 5) is 20.2. The van der Waals surface area contributed by atoms with Gasteiger partial charge in [0.25, 0.3) is 5.56 Å². The van der Waals surface area contributed by atoms with Crippen LogP contribution in [0.5, 0.6) is 0 Å². The maximum Gasteiger partial charge on any atom is 0.298 e. The maximum absolute atomic E-state index is 12.6. The molecule has 0 aliphatic heterocycles. The van der Waals surface area contributed by atoms with E-state index in [2.05, 4.69) is 41.0 Å². The zero-order valence-corrected chi connectivity index (χ0v) is 14.1. The Kier molecular flexibility index (Phi) is 3.69. The van der Waals surface area contributed by atoms with Crippen molar-refractivity contribution in [1.29, 1.82) is 0 Å². The lowest BCUT2D eigenvalue weighted by molar-refractivity contribution is 0.815. The monoisotopic (exact) mass is 330 g/mol. The van der Waals surface area contributed by atoms with Crippen LogP contribution in [0, 0.1) is 0 Å². The number of nitrogens with one attached hydrogen (secondary N) is 1. The van der Waals surface area contributed by atoms with Gasteiger partial charge in [0.2, 0.25) is 0 Å². The van der Waals surface area contributed by atoms with Gasteiger partial charge in [0, 0.05) is 10.9 Å². The number of para-hydroxylation sites is 1. The number of aromatic amines is 1. The van der Waals surface area contributed by atoms with E-state index in [1.54, 1.807) is 6.21 Å². The summed E-state index contributed by atoms with van der Waals surface area (Å²) in [6.07, 6.45) is 3.13.